The van der Waals surface area contributed by atoms with Crippen LogP contribution in [0.1, 0.15) is 27.7 Å². The normalized spacial score (nSPS) is 19.4. The molecule has 94 valence electrons. The Hall–Kier alpha value is -0.780. The summed E-state index contributed by atoms with van der Waals surface area (Å²) in [6.07, 6.45) is -0.364. The van der Waals surface area contributed by atoms with E-state index in [4.69, 9.17) is 4.74 Å². The number of rotatable bonds is 2. The first-order valence-corrected chi connectivity index (χ1v) is 6.57. The lowest BCUT2D eigenvalue weighted by Crippen LogP contribution is -2.55. The highest BCUT2D eigenvalue weighted by Crippen LogP contribution is 2.23. The van der Waals surface area contributed by atoms with E-state index in [0.717, 1.165) is 0 Å². The number of carbonyl (C=O) groups is 1. The third-order valence-corrected chi connectivity index (χ3v) is 3.66. The summed E-state index contributed by atoms with van der Waals surface area (Å²) >= 11 is 0. The molecule has 1 aliphatic rings. The molecule has 16 heavy (non-hydrogen) atoms. The van der Waals surface area contributed by atoms with Gasteiger partial charge in [-0.1, -0.05) is 0 Å². The third-order valence-electron chi connectivity index (χ3n) is 2.58. The van der Waals surface area contributed by atoms with Crippen LogP contribution in [0.2, 0.25) is 0 Å². The number of hydrogen-bond acceptors (Lipinski definition) is 4. The maximum Gasteiger partial charge on any atom is 0.410 e. The van der Waals surface area contributed by atoms with Crippen molar-refractivity contribution in [3.05, 3.63) is 0 Å². The van der Waals surface area contributed by atoms with Crippen LogP contribution >= 0.6 is 0 Å². The van der Waals surface area contributed by atoms with E-state index in [1.807, 2.05) is 0 Å². The average Bonchev–Trinajstić information content (AvgIpc) is 1.96. The van der Waals surface area contributed by atoms with Gasteiger partial charge in [0.2, 0.25) is 0 Å². The molecule has 1 rings (SSSR count). The lowest BCUT2D eigenvalue weighted by molar-refractivity contribution is -0.000832. The summed E-state index contributed by atoms with van der Waals surface area (Å²) < 4.78 is 26.6. The van der Waals surface area contributed by atoms with Gasteiger partial charge in [-0.05, 0) is 27.7 Å². The summed E-state index contributed by atoms with van der Waals surface area (Å²) in [6.45, 7) is 8.03. The number of likely N-dealkylation sites (tertiary alicyclic amines) is 1. The molecule has 6 heteroatoms. The second-order valence-corrected chi connectivity index (χ2v) is 6.56. The van der Waals surface area contributed by atoms with Gasteiger partial charge in [0.25, 0.3) is 0 Å². The van der Waals surface area contributed by atoms with Gasteiger partial charge in [0, 0.05) is 19.0 Å². The zero-order chi connectivity index (χ0) is 12.5. The molecule has 0 bridgehead atoms. The van der Waals surface area contributed by atoms with Crippen LogP contribution in [0.25, 0.3) is 0 Å². The van der Waals surface area contributed by atoms with Gasteiger partial charge in [-0.2, -0.15) is 0 Å². The summed E-state index contributed by atoms with van der Waals surface area (Å²) in [7, 11) is -2.40. The van der Waals surface area contributed by atoms with Gasteiger partial charge in [-0.3, -0.25) is 0 Å². The Kier molecular flexibility index (Phi) is 3.83. The van der Waals surface area contributed by atoms with E-state index in [2.05, 4.69) is 0 Å². The maximum atomic E-state index is 11.5. The predicted octanol–water partition coefficient (Wildman–Crippen LogP) is 0.853. The zero-order valence-corrected chi connectivity index (χ0v) is 11.0. The van der Waals surface area contributed by atoms with Crippen molar-refractivity contribution in [2.24, 2.45) is 5.92 Å². The molecule has 1 aliphatic heterocycles. The molecule has 0 aliphatic carbocycles. The standard InChI is InChI=1S/C10H19NO4S/c1-7(16(13)14)8-5-11(6-8)9(12)15-10(2,3)4/h7-8,16H,5-6H2,1-4H3. The van der Waals surface area contributed by atoms with Crippen LogP contribution < -0.4 is 0 Å². The van der Waals surface area contributed by atoms with Crippen LogP contribution in [0.5, 0.6) is 0 Å². The summed E-state index contributed by atoms with van der Waals surface area (Å²) in [5.74, 6) is 0.0497. The van der Waals surface area contributed by atoms with Crippen LogP contribution in [0, 0.1) is 5.92 Å². The number of amides is 1. The molecule has 1 heterocycles. The Bertz CT molecular complexity index is 331. The van der Waals surface area contributed by atoms with E-state index in [1.165, 1.54) is 4.90 Å². The van der Waals surface area contributed by atoms with E-state index in [9.17, 15) is 13.2 Å². The zero-order valence-electron chi connectivity index (χ0n) is 10.1. The fraction of sp³-hybridized carbons (Fsp3) is 0.900. The number of thiol groups is 1. The molecule has 0 aromatic heterocycles. The van der Waals surface area contributed by atoms with Gasteiger partial charge < -0.3 is 9.64 Å². The Labute approximate surface area is 97.7 Å². The average molecular weight is 249 g/mol. The molecule has 0 radical (unpaired) electrons. The first-order chi connectivity index (χ1) is 7.20. The molecular weight excluding hydrogens is 230 g/mol. The molecule has 0 spiro atoms. The summed E-state index contributed by atoms with van der Waals surface area (Å²) in [6, 6.07) is 0. The monoisotopic (exact) mass is 249 g/mol. The Morgan fingerprint density at radius 1 is 1.38 bits per heavy atom. The minimum Gasteiger partial charge on any atom is -0.444 e. The molecule has 1 amide bonds. The van der Waals surface area contributed by atoms with Crippen molar-refractivity contribution >= 4 is 16.8 Å². The van der Waals surface area contributed by atoms with Crippen molar-refractivity contribution in [3.8, 4) is 0 Å². The lowest BCUT2D eigenvalue weighted by Gasteiger charge is -2.41. The van der Waals surface area contributed by atoms with E-state index in [-0.39, 0.29) is 17.3 Å². The molecule has 5 nitrogen and oxygen atoms in total. The second kappa shape index (κ2) is 4.61. The van der Waals surface area contributed by atoms with Crippen molar-refractivity contribution in [1.82, 2.24) is 4.90 Å². The highest BCUT2D eigenvalue weighted by atomic mass is 32.2. The van der Waals surface area contributed by atoms with E-state index < -0.39 is 16.3 Å². The van der Waals surface area contributed by atoms with Crippen LogP contribution in [-0.2, 0) is 15.4 Å². The van der Waals surface area contributed by atoms with Gasteiger partial charge in [0.05, 0.1) is 5.25 Å². The topological polar surface area (TPSA) is 63.7 Å². The molecule has 0 saturated carbocycles. The Morgan fingerprint density at radius 3 is 2.25 bits per heavy atom. The van der Waals surface area contributed by atoms with Crippen LogP contribution in [-0.4, -0.2) is 43.4 Å². The van der Waals surface area contributed by atoms with Gasteiger partial charge in [0.15, 0.2) is 0 Å². The fourth-order valence-electron chi connectivity index (χ4n) is 1.47. The van der Waals surface area contributed by atoms with Gasteiger partial charge in [0.1, 0.15) is 16.3 Å². The van der Waals surface area contributed by atoms with Crippen molar-refractivity contribution < 1.29 is 17.9 Å². The fourth-order valence-corrected chi connectivity index (χ4v) is 2.00. The van der Waals surface area contributed by atoms with Crippen molar-refractivity contribution in [2.45, 2.75) is 38.5 Å². The summed E-state index contributed by atoms with van der Waals surface area (Å²) in [4.78, 5) is 13.1. The van der Waals surface area contributed by atoms with E-state index >= 15 is 0 Å². The lowest BCUT2D eigenvalue weighted by atomic mass is 9.97. The molecule has 1 saturated heterocycles. The Balaban J connectivity index is 2.39. The first kappa shape index (κ1) is 13.3. The maximum absolute atomic E-state index is 11.5. The number of carbonyl (C=O) groups excluding carboxylic acids is 1. The molecule has 0 aromatic rings. The summed E-state index contributed by atoms with van der Waals surface area (Å²) in [5, 5.41) is -0.367. The highest BCUT2D eigenvalue weighted by Gasteiger charge is 2.37. The van der Waals surface area contributed by atoms with Crippen molar-refractivity contribution in [2.75, 3.05) is 13.1 Å². The first-order valence-electron chi connectivity index (χ1n) is 5.32. The molecule has 1 fully saturated rings. The largest absolute Gasteiger partial charge is 0.444 e. The van der Waals surface area contributed by atoms with Gasteiger partial charge >= 0.3 is 6.09 Å². The third kappa shape index (κ3) is 3.37. The van der Waals surface area contributed by atoms with E-state index in [0.29, 0.717) is 13.1 Å². The summed E-state index contributed by atoms with van der Waals surface area (Å²) in [5.41, 5.74) is -0.503. The SMILES string of the molecule is CC(C1CN(C(=O)OC(C)(C)C)C1)[SH](=O)=O. The van der Waals surface area contributed by atoms with Crippen LogP contribution in [0.4, 0.5) is 4.79 Å². The second-order valence-electron chi connectivity index (χ2n) is 5.17. The molecular formula is C10H19NO4S. The van der Waals surface area contributed by atoms with Gasteiger partial charge in [-0.25, -0.2) is 13.2 Å². The minimum absolute atomic E-state index is 0.0497. The molecule has 1 unspecified atom stereocenters. The number of nitrogens with zero attached hydrogens (tertiary/aromatic N) is 1. The van der Waals surface area contributed by atoms with E-state index in [1.54, 1.807) is 27.7 Å². The Morgan fingerprint density at radius 2 is 1.88 bits per heavy atom. The minimum atomic E-state index is -2.40. The van der Waals surface area contributed by atoms with Gasteiger partial charge in [-0.15, -0.1) is 0 Å². The highest BCUT2D eigenvalue weighted by molar-refractivity contribution is 7.73. The van der Waals surface area contributed by atoms with Crippen LogP contribution in [0.3, 0.4) is 0 Å². The quantitative estimate of drug-likeness (QED) is 0.737. The number of hydrogen-bond donors (Lipinski definition) is 1. The molecule has 0 aromatic carbocycles. The number of ether oxygens (including phenoxy) is 1. The van der Waals surface area contributed by atoms with Crippen molar-refractivity contribution in [1.29, 1.82) is 0 Å². The van der Waals surface area contributed by atoms with Crippen LogP contribution in [0.15, 0.2) is 0 Å². The predicted molar refractivity (Wildman–Crippen MR) is 61.1 cm³/mol. The molecule has 1 atom stereocenters. The smallest absolute Gasteiger partial charge is 0.410 e. The van der Waals surface area contributed by atoms with Crippen molar-refractivity contribution in [3.63, 3.8) is 0 Å². The molecule has 0 N–H and O–H groups in total.